The van der Waals surface area contributed by atoms with Crippen LogP contribution in [0.4, 0.5) is 0 Å². The lowest BCUT2D eigenvalue weighted by Crippen LogP contribution is -2.26. The Morgan fingerprint density at radius 2 is 1.95 bits per heavy atom. The van der Waals surface area contributed by atoms with Gasteiger partial charge in [0.2, 0.25) is 0 Å². The van der Waals surface area contributed by atoms with Crippen LogP contribution in [0.5, 0.6) is 0 Å². The molecule has 0 heterocycles. The zero-order valence-corrected chi connectivity index (χ0v) is 14.4. The van der Waals surface area contributed by atoms with E-state index in [9.17, 15) is 4.79 Å². The van der Waals surface area contributed by atoms with Gasteiger partial charge in [0, 0.05) is 12.0 Å². The van der Waals surface area contributed by atoms with Crippen molar-refractivity contribution in [2.45, 2.75) is 47.5 Å². The lowest BCUT2D eigenvalue weighted by atomic mass is 9.68. The number of hydrogen-bond acceptors (Lipinski definition) is 1. The molecule has 22 heavy (non-hydrogen) atoms. The van der Waals surface area contributed by atoms with Gasteiger partial charge in [0.1, 0.15) is 0 Å². The van der Waals surface area contributed by atoms with Crippen LogP contribution < -0.4 is 0 Å². The first-order valence-corrected chi connectivity index (χ1v) is 7.83. The Hall–Kier alpha value is -1.83. The van der Waals surface area contributed by atoms with Crippen LogP contribution in [-0.2, 0) is 4.79 Å². The quantitative estimate of drug-likeness (QED) is 0.416. The second-order valence-corrected chi connectivity index (χ2v) is 6.81. The minimum atomic E-state index is -0.912. The van der Waals surface area contributed by atoms with Gasteiger partial charge in [0.15, 0.2) is 0 Å². The van der Waals surface area contributed by atoms with Crippen molar-refractivity contribution >= 4 is 5.97 Å². The second kappa shape index (κ2) is 7.98. The topological polar surface area (TPSA) is 37.3 Å². The Balaban J connectivity index is 2.75. The first-order valence-electron chi connectivity index (χ1n) is 7.83. The van der Waals surface area contributed by atoms with Crippen molar-refractivity contribution in [2.24, 2.45) is 11.3 Å². The third-order valence-electron chi connectivity index (χ3n) is 4.21. The van der Waals surface area contributed by atoms with Crippen molar-refractivity contribution in [2.75, 3.05) is 0 Å². The molecule has 0 amide bonds. The van der Waals surface area contributed by atoms with Crippen LogP contribution in [-0.4, -0.2) is 11.1 Å². The van der Waals surface area contributed by atoms with Crippen molar-refractivity contribution in [3.63, 3.8) is 0 Å². The van der Waals surface area contributed by atoms with E-state index < -0.39 is 5.97 Å². The minimum absolute atomic E-state index is 0.312. The van der Waals surface area contributed by atoms with Gasteiger partial charge in [-0.25, -0.2) is 4.79 Å². The molecule has 0 aliphatic heterocycles. The summed E-state index contributed by atoms with van der Waals surface area (Å²) in [5.74, 6) is -0.424. The van der Waals surface area contributed by atoms with Crippen LogP contribution in [0.3, 0.4) is 0 Å². The molecule has 0 fully saturated rings. The number of carboxylic acid groups (broad SMARTS) is 1. The zero-order valence-electron chi connectivity index (χ0n) is 14.4. The lowest BCUT2D eigenvalue weighted by Gasteiger charge is -2.36. The number of carboxylic acids is 1. The summed E-state index contributed by atoms with van der Waals surface area (Å²) in [6.07, 6.45) is 16.1. The third kappa shape index (κ3) is 5.88. The maximum absolute atomic E-state index is 10.5. The summed E-state index contributed by atoms with van der Waals surface area (Å²) in [5, 5.41) is 8.65. The maximum Gasteiger partial charge on any atom is 0.328 e. The molecule has 0 aromatic heterocycles. The van der Waals surface area contributed by atoms with E-state index in [0.29, 0.717) is 11.3 Å². The molecule has 1 aliphatic carbocycles. The van der Waals surface area contributed by atoms with Gasteiger partial charge in [-0.15, -0.1) is 0 Å². The summed E-state index contributed by atoms with van der Waals surface area (Å²) in [4.78, 5) is 10.5. The second-order valence-electron chi connectivity index (χ2n) is 6.81. The highest BCUT2D eigenvalue weighted by atomic mass is 16.4. The summed E-state index contributed by atoms with van der Waals surface area (Å²) < 4.78 is 0. The maximum atomic E-state index is 10.5. The number of rotatable bonds is 5. The number of allylic oxidation sites excluding steroid dienone is 9. The standard InChI is InChI=1S/C20H28O2/c1-15(8-6-9-16(2)14-19(21)22)11-12-18-17(3)10-7-13-20(18,4)5/h6,8-12,14,18H,7,13H2,1-5H3,(H,21,22)/b9-6+,12-11+,15-8+,16-14+. The molecule has 0 saturated carbocycles. The minimum Gasteiger partial charge on any atom is -0.478 e. The van der Waals surface area contributed by atoms with Crippen molar-refractivity contribution in [1.82, 2.24) is 0 Å². The van der Waals surface area contributed by atoms with Gasteiger partial charge in [-0.05, 0) is 44.6 Å². The molecule has 1 unspecified atom stereocenters. The highest BCUT2D eigenvalue weighted by Gasteiger charge is 2.30. The van der Waals surface area contributed by atoms with Gasteiger partial charge < -0.3 is 5.11 Å². The van der Waals surface area contributed by atoms with E-state index in [1.54, 1.807) is 13.0 Å². The Morgan fingerprint density at radius 1 is 1.27 bits per heavy atom. The molecule has 0 spiro atoms. The van der Waals surface area contributed by atoms with E-state index in [2.05, 4.69) is 45.9 Å². The van der Waals surface area contributed by atoms with Crippen molar-refractivity contribution in [3.8, 4) is 0 Å². The van der Waals surface area contributed by atoms with Crippen LogP contribution in [0.15, 0.2) is 59.3 Å². The van der Waals surface area contributed by atoms with Crippen molar-refractivity contribution in [3.05, 3.63) is 59.3 Å². The molecule has 0 aromatic rings. The molecule has 2 heteroatoms. The molecule has 120 valence electrons. The summed E-state index contributed by atoms with van der Waals surface area (Å²) in [7, 11) is 0. The molecule has 0 aromatic carbocycles. The van der Waals surface area contributed by atoms with Crippen molar-refractivity contribution in [1.29, 1.82) is 0 Å². The average molecular weight is 300 g/mol. The van der Waals surface area contributed by atoms with Gasteiger partial charge in [-0.2, -0.15) is 0 Å². The van der Waals surface area contributed by atoms with Crippen LogP contribution in [0, 0.1) is 11.3 Å². The predicted octanol–water partition coefficient (Wildman–Crippen LogP) is 5.46. The smallest absolute Gasteiger partial charge is 0.328 e. The Bertz CT molecular complexity index is 554. The van der Waals surface area contributed by atoms with Gasteiger partial charge in [0.05, 0.1) is 0 Å². The SMILES string of the molecule is CC1=CCCC(C)(C)C1/C=C/C(C)=C/C=C/C(C)=C/C(=O)O. The Morgan fingerprint density at radius 3 is 2.55 bits per heavy atom. The first-order chi connectivity index (χ1) is 10.2. The molecule has 1 aliphatic rings. The molecular weight excluding hydrogens is 272 g/mol. The monoisotopic (exact) mass is 300 g/mol. The number of aliphatic carboxylic acids is 1. The fraction of sp³-hybridized carbons (Fsp3) is 0.450. The van der Waals surface area contributed by atoms with E-state index in [4.69, 9.17) is 5.11 Å². The molecule has 1 rings (SSSR count). The molecule has 1 N–H and O–H groups in total. The lowest BCUT2D eigenvalue weighted by molar-refractivity contribution is -0.131. The van der Waals surface area contributed by atoms with Gasteiger partial charge in [-0.3, -0.25) is 0 Å². The van der Waals surface area contributed by atoms with E-state index in [-0.39, 0.29) is 0 Å². The summed E-state index contributed by atoms with van der Waals surface area (Å²) in [5.41, 5.74) is 3.66. The predicted molar refractivity (Wildman–Crippen MR) is 93.7 cm³/mol. The molecule has 2 nitrogen and oxygen atoms in total. The van der Waals surface area contributed by atoms with Crippen LogP contribution in [0.2, 0.25) is 0 Å². The highest BCUT2D eigenvalue weighted by Crippen LogP contribution is 2.41. The van der Waals surface area contributed by atoms with Gasteiger partial charge in [-0.1, -0.05) is 61.4 Å². The van der Waals surface area contributed by atoms with Crippen LogP contribution >= 0.6 is 0 Å². The van der Waals surface area contributed by atoms with Gasteiger partial charge in [0.25, 0.3) is 0 Å². The van der Waals surface area contributed by atoms with E-state index in [0.717, 1.165) is 11.1 Å². The number of hydrogen-bond donors (Lipinski definition) is 1. The normalized spacial score (nSPS) is 23.1. The summed E-state index contributed by atoms with van der Waals surface area (Å²) in [6.45, 7) is 10.7. The Labute approximate surface area is 134 Å². The van der Waals surface area contributed by atoms with Crippen LogP contribution in [0.1, 0.15) is 47.5 Å². The third-order valence-corrected chi connectivity index (χ3v) is 4.21. The van der Waals surface area contributed by atoms with E-state index in [1.165, 1.54) is 24.5 Å². The fourth-order valence-electron chi connectivity index (χ4n) is 2.88. The number of carbonyl (C=O) groups is 1. The molecule has 0 radical (unpaired) electrons. The van der Waals surface area contributed by atoms with E-state index in [1.807, 2.05) is 12.2 Å². The average Bonchev–Trinajstić information content (AvgIpc) is 2.36. The zero-order chi connectivity index (χ0) is 16.8. The molecule has 1 atom stereocenters. The molecule has 0 bridgehead atoms. The summed E-state index contributed by atoms with van der Waals surface area (Å²) in [6, 6.07) is 0. The van der Waals surface area contributed by atoms with Crippen LogP contribution in [0.25, 0.3) is 0 Å². The van der Waals surface area contributed by atoms with E-state index >= 15 is 0 Å². The largest absolute Gasteiger partial charge is 0.478 e. The van der Waals surface area contributed by atoms with Crippen molar-refractivity contribution < 1.29 is 9.90 Å². The first kappa shape index (κ1) is 18.2. The highest BCUT2D eigenvalue weighted by molar-refractivity contribution is 5.81. The summed E-state index contributed by atoms with van der Waals surface area (Å²) >= 11 is 0. The molecule has 0 saturated heterocycles. The fourth-order valence-corrected chi connectivity index (χ4v) is 2.88. The Kier molecular flexibility index (Phi) is 6.61. The molecular formula is C20H28O2. The van der Waals surface area contributed by atoms with Gasteiger partial charge >= 0.3 is 5.97 Å².